The van der Waals surface area contributed by atoms with Crippen molar-refractivity contribution in [1.29, 1.82) is 0 Å². The summed E-state index contributed by atoms with van der Waals surface area (Å²) >= 11 is 0. The molecule has 1 N–H and O–H groups in total. The molecule has 1 heterocycles. The summed E-state index contributed by atoms with van der Waals surface area (Å²) in [7, 11) is -7.44. The van der Waals surface area contributed by atoms with Crippen molar-refractivity contribution in [2.75, 3.05) is 5.75 Å². The molecule has 7 nitrogen and oxygen atoms in total. The Morgan fingerprint density at radius 2 is 2.00 bits per heavy atom. The maximum Gasteiger partial charge on any atom is 0.310 e. The molecule has 1 fully saturated rings. The molecular weight excluding hydrogens is 292 g/mol. The average Bonchev–Trinajstić information content (AvgIpc) is 3.12. The van der Waals surface area contributed by atoms with E-state index in [0.29, 0.717) is 0 Å². The molecule has 106 valence electrons. The van der Waals surface area contributed by atoms with Gasteiger partial charge in [-0.05, 0) is 25.8 Å². The molecule has 0 spiro atoms. The molecular formula is C10H14N2O5S2. The summed E-state index contributed by atoms with van der Waals surface area (Å²) < 4.78 is 53.5. The summed E-state index contributed by atoms with van der Waals surface area (Å²) in [4.78, 5) is 3.71. The van der Waals surface area contributed by atoms with Crippen molar-refractivity contribution in [2.24, 2.45) is 0 Å². The molecule has 0 aromatic carbocycles. The van der Waals surface area contributed by atoms with Gasteiger partial charge in [0.05, 0.1) is 5.75 Å². The van der Waals surface area contributed by atoms with E-state index >= 15 is 0 Å². The number of sulfonamides is 1. The largest absolute Gasteiger partial charge is 0.362 e. The van der Waals surface area contributed by atoms with Gasteiger partial charge in [-0.3, -0.25) is 0 Å². The van der Waals surface area contributed by atoms with Crippen molar-refractivity contribution >= 4 is 20.1 Å². The smallest absolute Gasteiger partial charge is 0.310 e. The van der Waals surface area contributed by atoms with Gasteiger partial charge in [-0.25, -0.2) is 13.1 Å². The van der Waals surface area contributed by atoms with Gasteiger partial charge < -0.3 is 4.18 Å². The fourth-order valence-electron chi connectivity index (χ4n) is 1.26. The third-order valence-corrected chi connectivity index (χ3v) is 4.99. The van der Waals surface area contributed by atoms with Gasteiger partial charge in [0.15, 0.2) is 5.03 Å². The Hall–Kier alpha value is -1.19. The molecule has 1 saturated carbocycles. The first-order chi connectivity index (χ1) is 8.82. The van der Waals surface area contributed by atoms with Gasteiger partial charge in [0, 0.05) is 12.1 Å². The normalized spacial score (nSPS) is 16.3. The molecule has 1 aromatic rings. The van der Waals surface area contributed by atoms with E-state index in [1.807, 2.05) is 0 Å². The number of nitrogens with zero attached hydrogens (tertiary/aromatic N) is 1. The third kappa shape index (κ3) is 3.88. The molecule has 1 aliphatic carbocycles. The fraction of sp³-hybridized carbons (Fsp3) is 0.500. The molecule has 0 saturated heterocycles. The van der Waals surface area contributed by atoms with Crippen molar-refractivity contribution < 1.29 is 21.0 Å². The number of pyridine rings is 1. The van der Waals surface area contributed by atoms with Gasteiger partial charge in [0.1, 0.15) is 0 Å². The van der Waals surface area contributed by atoms with Crippen molar-refractivity contribution in [3.8, 4) is 5.88 Å². The van der Waals surface area contributed by atoms with Gasteiger partial charge in [-0.1, -0.05) is 6.07 Å². The molecule has 1 aliphatic rings. The van der Waals surface area contributed by atoms with Gasteiger partial charge in [-0.2, -0.15) is 13.4 Å². The van der Waals surface area contributed by atoms with Crippen LogP contribution in [0.1, 0.15) is 19.8 Å². The average molecular weight is 306 g/mol. The highest BCUT2D eigenvalue weighted by atomic mass is 32.2. The van der Waals surface area contributed by atoms with Crippen molar-refractivity contribution in [3.63, 3.8) is 0 Å². The van der Waals surface area contributed by atoms with Crippen LogP contribution in [0.2, 0.25) is 0 Å². The van der Waals surface area contributed by atoms with Crippen LogP contribution in [0.15, 0.2) is 23.2 Å². The molecule has 0 aliphatic heterocycles. The second-order valence-corrected chi connectivity index (χ2v) is 7.66. The first kappa shape index (κ1) is 14.2. The van der Waals surface area contributed by atoms with Crippen LogP contribution in [0, 0.1) is 0 Å². The Bertz CT molecular complexity index is 665. The predicted molar refractivity (Wildman–Crippen MR) is 67.7 cm³/mol. The molecule has 9 heteroatoms. The minimum atomic E-state index is -3.72. The SMILES string of the molecule is CCS(=O)(=O)Oc1cccc(S(=O)(=O)NC2CC2)n1. The highest BCUT2D eigenvalue weighted by molar-refractivity contribution is 7.89. The molecule has 19 heavy (non-hydrogen) atoms. The van der Waals surface area contributed by atoms with Crippen LogP contribution >= 0.6 is 0 Å². The lowest BCUT2D eigenvalue weighted by molar-refractivity contribution is 0.473. The lowest BCUT2D eigenvalue weighted by Crippen LogP contribution is -2.26. The molecule has 1 aromatic heterocycles. The van der Waals surface area contributed by atoms with E-state index in [-0.39, 0.29) is 22.7 Å². The lowest BCUT2D eigenvalue weighted by atomic mass is 10.5. The molecule has 0 radical (unpaired) electrons. The third-order valence-electron chi connectivity index (χ3n) is 2.44. The predicted octanol–water partition coefficient (Wildman–Crippen LogP) is 0.251. The van der Waals surface area contributed by atoms with Crippen LogP contribution in [-0.2, 0) is 20.1 Å². The standard InChI is InChI=1S/C10H14N2O5S2/c1-2-18(13,14)17-9-4-3-5-10(11-9)19(15,16)12-8-6-7-8/h3-5,8,12H,2,6-7H2,1H3. The number of nitrogens with one attached hydrogen (secondary N) is 1. The number of aromatic nitrogens is 1. The monoisotopic (exact) mass is 306 g/mol. The maximum absolute atomic E-state index is 11.9. The minimum Gasteiger partial charge on any atom is -0.362 e. The van der Waals surface area contributed by atoms with E-state index in [1.54, 1.807) is 0 Å². The second kappa shape index (κ2) is 5.06. The zero-order valence-corrected chi connectivity index (χ0v) is 11.9. The van der Waals surface area contributed by atoms with Gasteiger partial charge in [0.2, 0.25) is 5.88 Å². The minimum absolute atomic E-state index is 0.0456. The molecule has 0 unspecified atom stereocenters. The number of rotatable bonds is 6. The van der Waals surface area contributed by atoms with Crippen LogP contribution in [0.5, 0.6) is 5.88 Å². The molecule has 0 atom stereocenters. The van der Waals surface area contributed by atoms with Crippen molar-refractivity contribution in [2.45, 2.75) is 30.8 Å². The first-order valence-electron chi connectivity index (χ1n) is 5.74. The Balaban J connectivity index is 2.23. The highest BCUT2D eigenvalue weighted by Gasteiger charge is 2.29. The van der Waals surface area contributed by atoms with Crippen LogP contribution in [0.3, 0.4) is 0 Å². The summed E-state index contributed by atoms with van der Waals surface area (Å²) in [5, 5.41) is -0.247. The topological polar surface area (TPSA) is 102 Å². The first-order valence-corrected chi connectivity index (χ1v) is 8.80. The van der Waals surface area contributed by atoms with Crippen LogP contribution in [-0.4, -0.2) is 33.6 Å². The summed E-state index contributed by atoms with van der Waals surface area (Å²) in [5.74, 6) is -0.466. The van der Waals surface area contributed by atoms with E-state index in [4.69, 9.17) is 0 Å². The van der Waals surface area contributed by atoms with Crippen LogP contribution < -0.4 is 8.91 Å². The van der Waals surface area contributed by atoms with Gasteiger partial charge >= 0.3 is 10.1 Å². The van der Waals surface area contributed by atoms with Crippen molar-refractivity contribution in [3.05, 3.63) is 18.2 Å². The van der Waals surface area contributed by atoms with E-state index in [1.165, 1.54) is 25.1 Å². The summed E-state index contributed by atoms with van der Waals surface area (Å²) in [6.45, 7) is 1.42. The van der Waals surface area contributed by atoms with Gasteiger partial charge in [-0.15, -0.1) is 0 Å². The summed E-state index contributed by atoms with van der Waals surface area (Å²) in [6, 6.07) is 3.92. The fourth-order valence-corrected chi connectivity index (χ4v) is 3.00. The molecule has 2 rings (SSSR count). The highest BCUT2D eigenvalue weighted by Crippen LogP contribution is 2.22. The Morgan fingerprint density at radius 1 is 1.32 bits per heavy atom. The number of hydrogen-bond donors (Lipinski definition) is 1. The van der Waals surface area contributed by atoms with E-state index in [9.17, 15) is 16.8 Å². The van der Waals surface area contributed by atoms with Crippen LogP contribution in [0.25, 0.3) is 0 Å². The second-order valence-electron chi connectivity index (χ2n) is 4.14. The Kier molecular flexibility index (Phi) is 3.79. The Labute approximate surface area is 112 Å². The number of hydrogen-bond acceptors (Lipinski definition) is 6. The zero-order valence-electron chi connectivity index (χ0n) is 10.2. The van der Waals surface area contributed by atoms with Crippen molar-refractivity contribution in [1.82, 2.24) is 9.71 Å². The quantitative estimate of drug-likeness (QED) is 0.756. The van der Waals surface area contributed by atoms with Gasteiger partial charge in [0.25, 0.3) is 10.0 Å². The van der Waals surface area contributed by atoms with E-state index in [2.05, 4.69) is 13.9 Å². The maximum atomic E-state index is 11.9. The summed E-state index contributed by atoms with van der Waals surface area (Å²) in [6.07, 6.45) is 1.61. The van der Waals surface area contributed by atoms with Crippen LogP contribution in [0.4, 0.5) is 0 Å². The lowest BCUT2D eigenvalue weighted by Gasteiger charge is -2.07. The molecule has 0 bridgehead atoms. The summed E-state index contributed by atoms with van der Waals surface area (Å²) in [5.41, 5.74) is 0. The molecule has 0 amide bonds. The Morgan fingerprint density at radius 3 is 2.58 bits per heavy atom. The zero-order chi connectivity index (χ0) is 14.1. The van der Waals surface area contributed by atoms with E-state index < -0.39 is 20.1 Å². The van der Waals surface area contributed by atoms with E-state index in [0.717, 1.165) is 12.8 Å².